The highest BCUT2D eigenvalue weighted by atomic mass is 15.1. The first-order valence-corrected chi connectivity index (χ1v) is 16.3. The molecule has 0 saturated heterocycles. The van der Waals surface area contributed by atoms with Crippen LogP contribution in [-0.2, 0) is 0 Å². The molecule has 11 rings (SSSR count). The van der Waals surface area contributed by atoms with Gasteiger partial charge in [0.1, 0.15) is 5.82 Å². The van der Waals surface area contributed by atoms with Gasteiger partial charge in [-0.3, -0.25) is 4.57 Å². The zero-order valence-corrected chi connectivity index (χ0v) is 25.8. The van der Waals surface area contributed by atoms with Crippen LogP contribution in [0.3, 0.4) is 0 Å². The van der Waals surface area contributed by atoms with E-state index in [0.29, 0.717) is 0 Å². The largest absolute Gasteiger partial charge is 0.309 e. The van der Waals surface area contributed by atoms with E-state index in [4.69, 9.17) is 9.97 Å². The van der Waals surface area contributed by atoms with Gasteiger partial charge in [0, 0.05) is 38.8 Å². The van der Waals surface area contributed by atoms with Gasteiger partial charge >= 0.3 is 0 Å². The van der Waals surface area contributed by atoms with Crippen LogP contribution < -0.4 is 0 Å². The van der Waals surface area contributed by atoms with Gasteiger partial charge in [0.15, 0.2) is 5.65 Å². The summed E-state index contributed by atoms with van der Waals surface area (Å²) in [5.41, 5.74) is 13.9. The molecule has 4 heterocycles. The molecule has 0 N–H and O–H groups in total. The number of hydrogen-bond donors (Lipinski definition) is 0. The Hall–Kier alpha value is -6.52. The van der Waals surface area contributed by atoms with E-state index < -0.39 is 0 Å². The van der Waals surface area contributed by atoms with Crippen LogP contribution in [0.4, 0.5) is 0 Å². The lowest BCUT2D eigenvalue weighted by molar-refractivity contribution is 1.09. The van der Waals surface area contributed by atoms with Crippen LogP contribution in [0.15, 0.2) is 158 Å². The minimum Gasteiger partial charge on any atom is -0.309 e. The molecule has 0 spiro atoms. The molecular formula is C44H26N4. The average Bonchev–Trinajstić information content (AvgIpc) is 3.78. The van der Waals surface area contributed by atoms with E-state index in [1.54, 1.807) is 0 Å². The molecule has 10 aromatic rings. The molecule has 48 heavy (non-hydrogen) atoms. The molecule has 0 fully saturated rings. The summed E-state index contributed by atoms with van der Waals surface area (Å²) in [7, 11) is 0. The van der Waals surface area contributed by atoms with E-state index in [9.17, 15) is 0 Å². The Labute approximate surface area is 275 Å². The summed E-state index contributed by atoms with van der Waals surface area (Å²) in [5, 5.41) is 6.05. The zero-order chi connectivity index (χ0) is 31.3. The summed E-state index contributed by atoms with van der Waals surface area (Å²) in [5.74, 6) is 0.882. The molecule has 0 bridgehead atoms. The summed E-state index contributed by atoms with van der Waals surface area (Å²) >= 11 is 0. The van der Waals surface area contributed by atoms with Crippen molar-refractivity contribution in [3.8, 4) is 44.9 Å². The molecule has 4 heteroatoms. The predicted octanol–water partition coefficient (Wildman–Crippen LogP) is 11.1. The summed E-state index contributed by atoms with van der Waals surface area (Å²) in [6.45, 7) is 0. The molecule has 222 valence electrons. The Morgan fingerprint density at radius 3 is 1.67 bits per heavy atom. The number of fused-ring (bicyclic) bond motifs is 9. The van der Waals surface area contributed by atoms with Crippen molar-refractivity contribution in [2.75, 3.05) is 0 Å². The van der Waals surface area contributed by atoms with Crippen molar-refractivity contribution in [2.24, 2.45) is 0 Å². The van der Waals surface area contributed by atoms with Gasteiger partial charge in [-0.15, -0.1) is 0 Å². The monoisotopic (exact) mass is 610 g/mol. The Morgan fingerprint density at radius 2 is 0.958 bits per heavy atom. The summed E-state index contributed by atoms with van der Waals surface area (Å²) in [6, 6.07) is 54.7. The van der Waals surface area contributed by atoms with Crippen molar-refractivity contribution < 1.29 is 0 Å². The Bertz CT molecular complexity index is 2950. The Morgan fingerprint density at radius 1 is 0.396 bits per heavy atom. The van der Waals surface area contributed by atoms with Gasteiger partial charge in [-0.25, -0.2) is 9.97 Å². The van der Waals surface area contributed by atoms with E-state index in [0.717, 1.165) is 27.9 Å². The Kier molecular flexibility index (Phi) is 5.08. The standard InChI is InChI=1S/C44H26N4/c1-2-10-29(11-3-1)47-38-16-8-6-14-32(38)35-24-27(18-20-40(35)47)28-19-21-41-36(25-28)33-15-7-9-17-39(33)48(41)42-26-37-31-13-5-4-12-30(31)34-22-23-45-44(46-42)43(34)37/h1-26H. The van der Waals surface area contributed by atoms with Gasteiger partial charge in [-0.1, -0.05) is 91.0 Å². The maximum atomic E-state index is 5.18. The van der Waals surface area contributed by atoms with Gasteiger partial charge in [0.05, 0.1) is 22.1 Å². The lowest BCUT2D eigenvalue weighted by Gasteiger charge is -2.11. The summed E-state index contributed by atoms with van der Waals surface area (Å²) in [4.78, 5) is 9.93. The first kappa shape index (κ1) is 25.6. The molecule has 1 aliphatic carbocycles. The van der Waals surface area contributed by atoms with E-state index in [1.165, 1.54) is 71.6 Å². The van der Waals surface area contributed by atoms with Crippen LogP contribution in [0.1, 0.15) is 0 Å². The summed E-state index contributed by atoms with van der Waals surface area (Å²) < 4.78 is 4.67. The van der Waals surface area contributed by atoms with E-state index >= 15 is 0 Å². The maximum Gasteiger partial charge on any atom is 0.162 e. The smallest absolute Gasteiger partial charge is 0.162 e. The molecule has 6 aromatic carbocycles. The minimum atomic E-state index is 0.779. The SMILES string of the molecule is c1ccc(-n2c3ccccc3c3cc(-c4ccc5c(c4)c4ccccc4n5-c4cc5c6c(ccnc6n4)-c4ccccc4-5)ccc32)cc1. The highest BCUT2D eigenvalue weighted by Crippen LogP contribution is 2.47. The topological polar surface area (TPSA) is 35.6 Å². The molecule has 4 nitrogen and oxygen atoms in total. The number of pyridine rings is 2. The second kappa shape index (κ2) is 9.50. The molecule has 0 radical (unpaired) electrons. The fraction of sp³-hybridized carbons (Fsp3) is 0. The number of rotatable bonds is 3. The molecule has 0 aliphatic heterocycles. The quantitative estimate of drug-likeness (QED) is 0.199. The van der Waals surface area contributed by atoms with Crippen molar-refractivity contribution in [1.29, 1.82) is 0 Å². The predicted molar refractivity (Wildman–Crippen MR) is 198 cm³/mol. The fourth-order valence-corrected chi connectivity index (χ4v) is 8.05. The van der Waals surface area contributed by atoms with Gasteiger partial charge < -0.3 is 4.57 Å². The highest BCUT2D eigenvalue weighted by molar-refractivity contribution is 6.15. The van der Waals surface area contributed by atoms with Crippen LogP contribution in [0, 0.1) is 0 Å². The lowest BCUT2D eigenvalue weighted by atomic mass is 10.0. The zero-order valence-electron chi connectivity index (χ0n) is 25.8. The van der Waals surface area contributed by atoms with Crippen molar-refractivity contribution in [3.63, 3.8) is 0 Å². The second-order valence-corrected chi connectivity index (χ2v) is 12.6. The Balaban J connectivity index is 1.12. The summed E-state index contributed by atoms with van der Waals surface area (Å²) in [6.07, 6.45) is 1.88. The third kappa shape index (κ3) is 3.43. The number of nitrogens with zero attached hydrogens (tertiary/aromatic N) is 4. The minimum absolute atomic E-state index is 0.779. The number of aromatic nitrogens is 4. The third-order valence-corrected chi connectivity index (χ3v) is 10.1. The first-order valence-electron chi connectivity index (χ1n) is 16.3. The van der Waals surface area contributed by atoms with Crippen molar-refractivity contribution >= 4 is 54.6 Å². The molecule has 0 atom stereocenters. The molecule has 1 aliphatic rings. The van der Waals surface area contributed by atoms with Gasteiger partial charge in [0.25, 0.3) is 0 Å². The number of para-hydroxylation sites is 3. The average molecular weight is 611 g/mol. The fourth-order valence-electron chi connectivity index (χ4n) is 8.05. The van der Waals surface area contributed by atoms with Crippen molar-refractivity contribution in [2.45, 2.75) is 0 Å². The van der Waals surface area contributed by atoms with Crippen LogP contribution in [0.5, 0.6) is 0 Å². The van der Waals surface area contributed by atoms with Crippen LogP contribution in [0.25, 0.3) is 99.5 Å². The molecule has 0 unspecified atom stereocenters. The maximum absolute atomic E-state index is 5.18. The molecular weight excluding hydrogens is 585 g/mol. The number of benzene rings is 6. The van der Waals surface area contributed by atoms with E-state index in [2.05, 4.69) is 161 Å². The van der Waals surface area contributed by atoms with Crippen LogP contribution >= 0.6 is 0 Å². The number of hydrogen-bond acceptors (Lipinski definition) is 2. The third-order valence-electron chi connectivity index (χ3n) is 10.1. The second-order valence-electron chi connectivity index (χ2n) is 12.6. The molecule has 4 aromatic heterocycles. The highest BCUT2D eigenvalue weighted by Gasteiger charge is 2.24. The van der Waals surface area contributed by atoms with Gasteiger partial charge in [0.2, 0.25) is 0 Å². The first-order chi connectivity index (χ1) is 23.8. The van der Waals surface area contributed by atoms with Crippen molar-refractivity contribution in [1.82, 2.24) is 19.1 Å². The molecule has 0 amide bonds. The van der Waals surface area contributed by atoms with Crippen LogP contribution in [-0.4, -0.2) is 19.1 Å². The normalized spacial score (nSPS) is 12.2. The lowest BCUT2D eigenvalue weighted by Crippen LogP contribution is -1.99. The van der Waals surface area contributed by atoms with E-state index in [1.807, 2.05) is 6.20 Å². The van der Waals surface area contributed by atoms with E-state index in [-0.39, 0.29) is 0 Å². The van der Waals surface area contributed by atoms with Gasteiger partial charge in [-0.2, -0.15) is 0 Å². The van der Waals surface area contributed by atoms with Crippen molar-refractivity contribution in [3.05, 3.63) is 158 Å². The van der Waals surface area contributed by atoms with Crippen LogP contribution in [0.2, 0.25) is 0 Å². The molecule has 0 saturated carbocycles. The van der Waals surface area contributed by atoms with Gasteiger partial charge in [-0.05, 0) is 94.0 Å².